The minimum Gasteiger partial charge on any atom is -0.493 e. The van der Waals surface area contributed by atoms with Gasteiger partial charge in [-0.3, -0.25) is 4.79 Å². The van der Waals surface area contributed by atoms with E-state index in [1.807, 2.05) is 26.0 Å². The maximum absolute atomic E-state index is 12.2. The number of ketones is 1. The Balaban J connectivity index is 3.70. The highest BCUT2D eigenvalue weighted by molar-refractivity contribution is 5.96. The molecule has 118 valence electrons. The summed E-state index contributed by atoms with van der Waals surface area (Å²) in [4.78, 5) is 12.2. The van der Waals surface area contributed by atoms with Crippen LogP contribution in [0.1, 0.15) is 83.3 Å². The minimum absolute atomic E-state index is 0.0610. The summed E-state index contributed by atoms with van der Waals surface area (Å²) >= 11 is 0. The number of carbonyl (C=O) groups is 1. The average Bonchev–Trinajstić information content (AvgIpc) is 2.35. The second kappa shape index (κ2) is 6.21. The zero-order valence-corrected chi connectivity index (χ0v) is 14.9. The van der Waals surface area contributed by atoms with Gasteiger partial charge >= 0.3 is 0 Å². The van der Waals surface area contributed by atoms with Crippen molar-refractivity contribution in [2.45, 2.75) is 72.6 Å². The third-order valence-corrected chi connectivity index (χ3v) is 3.64. The second-order valence-electron chi connectivity index (χ2n) is 7.61. The molecular weight excluding hydrogens is 260 g/mol. The molecule has 1 aromatic carbocycles. The first-order chi connectivity index (χ1) is 9.52. The van der Waals surface area contributed by atoms with Gasteiger partial charge in [0, 0.05) is 23.1 Å². The average molecular weight is 290 g/mol. The highest BCUT2D eigenvalue weighted by Crippen LogP contribution is 2.40. The molecule has 1 aromatic rings. The van der Waals surface area contributed by atoms with Crippen LogP contribution < -0.4 is 4.74 Å². The molecule has 0 unspecified atom stereocenters. The van der Waals surface area contributed by atoms with Gasteiger partial charge in [-0.25, -0.2) is 0 Å². The quantitative estimate of drug-likeness (QED) is 0.706. The SMILES string of the molecule is CCOc1c(C(C)(C)C)cc(C(=O)CC)cc1C(C)(C)C. The van der Waals surface area contributed by atoms with Gasteiger partial charge < -0.3 is 4.74 Å². The van der Waals surface area contributed by atoms with Crippen LogP contribution in [0.15, 0.2) is 12.1 Å². The van der Waals surface area contributed by atoms with Gasteiger partial charge in [-0.2, -0.15) is 0 Å². The van der Waals surface area contributed by atoms with Gasteiger partial charge in [-0.15, -0.1) is 0 Å². The molecular formula is C19H30O2. The first-order valence-electron chi connectivity index (χ1n) is 7.87. The summed E-state index contributed by atoms with van der Waals surface area (Å²) in [6.45, 7) is 17.5. The lowest BCUT2D eigenvalue weighted by molar-refractivity contribution is 0.0988. The number of benzene rings is 1. The fraction of sp³-hybridized carbons (Fsp3) is 0.632. The largest absolute Gasteiger partial charge is 0.493 e. The molecule has 21 heavy (non-hydrogen) atoms. The van der Waals surface area contributed by atoms with Crippen LogP contribution in [0.5, 0.6) is 5.75 Å². The first-order valence-corrected chi connectivity index (χ1v) is 7.87. The molecule has 0 amide bonds. The third-order valence-electron chi connectivity index (χ3n) is 3.64. The topological polar surface area (TPSA) is 26.3 Å². The summed E-state index contributed by atoms with van der Waals surface area (Å²) in [6, 6.07) is 4.04. The van der Waals surface area contributed by atoms with Gasteiger partial charge in [0.2, 0.25) is 0 Å². The molecule has 0 aromatic heterocycles. The lowest BCUT2D eigenvalue weighted by atomic mass is 9.78. The Hall–Kier alpha value is -1.31. The number of ether oxygens (including phenoxy) is 1. The molecule has 0 bridgehead atoms. The summed E-state index contributed by atoms with van der Waals surface area (Å²) in [6.07, 6.45) is 0.529. The molecule has 0 fully saturated rings. The molecule has 0 saturated heterocycles. The van der Waals surface area contributed by atoms with E-state index >= 15 is 0 Å². The maximum atomic E-state index is 12.2. The van der Waals surface area contributed by atoms with E-state index in [1.165, 1.54) is 0 Å². The third kappa shape index (κ3) is 4.09. The van der Waals surface area contributed by atoms with Crippen LogP contribution in [0, 0.1) is 0 Å². The Morgan fingerprint density at radius 3 is 1.67 bits per heavy atom. The van der Waals surface area contributed by atoms with E-state index < -0.39 is 0 Å². The molecule has 0 aliphatic heterocycles. The van der Waals surface area contributed by atoms with Crippen molar-refractivity contribution in [2.75, 3.05) is 6.61 Å². The fourth-order valence-corrected chi connectivity index (χ4v) is 2.41. The van der Waals surface area contributed by atoms with Gasteiger partial charge in [0.1, 0.15) is 5.75 Å². The molecule has 2 heteroatoms. The summed E-state index contributed by atoms with van der Waals surface area (Å²) in [5.74, 6) is 1.14. The van der Waals surface area contributed by atoms with Gasteiger partial charge in [-0.1, -0.05) is 48.5 Å². The Morgan fingerprint density at radius 1 is 0.952 bits per heavy atom. The van der Waals surface area contributed by atoms with E-state index in [0.717, 1.165) is 22.4 Å². The van der Waals surface area contributed by atoms with Crippen LogP contribution >= 0.6 is 0 Å². The van der Waals surface area contributed by atoms with Crippen LogP contribution in [0.3, 0.4) is 0 Å². The molecule has 0 radical (unpaired) electrons. The molecule has 0 aliphatic carbocycles. The maximum Gasteiger partial charge on any atom is 0.162 e. The standard InChI is InChI=1S/C19H30O2/c1-9-16(20)13-11-14(18(3,4)5)17(21-10-2)15(12-13)19(6,7)8/h11-12H,9-10H2,1-8H3. The number of rotatable bonds is 4. The van der Waals surface area contributed by atoms with Crippen LogP contribution in [0.2, 0.25) is 0 Å². The van der Waals surface area contributed by atoms with Crippen LogP contribution in [0.4, 0.5) is 0 Å². The molecule has 2 nitrogen and oxygen atoms in total. The van der Waals surface area contributed by atoms with E-state index in [2.05, 4.69) is 41.5 Å². The molecule has 0 atom stereocenters. The van der Waals surface area contributed by atoms with Crippen LogP contribution in [0.25, 0.3) is 0 Å². The van der Waals surface area contributed by atoms with Crippen molar-refractivity contribution >= 4 is 5.78 Å². The zero-order chi connectivity index (χ0) is 16.4. The number of carbonyl (C=O) groups excluding carboxylic acids is 1. The van der Waals surface area contributed by atoms with E-state index in [9.17, 15) is 4.79 Å². The molecule has 1 rings (SSSR count). The van der Waals surface area contributed by atoms with Crippen molar-refractivity contribution < 1.29 is 9.53 Å². The van der Waals surface area contributed by atoms with Crippen molar-refractivity contribution in [3.8, 4) is 5.75 Å². The summed E-state index contributed by atoms with van der Waals surface area (Å²) in [7, 11) is 0. The Morgan fingerprint density at radius 2 is 1.38 bits per heavy atom. The van der Waals surface area contributed by atoms with Gasteiger partial charge in [0.05, 0.1) is 6.61 Å². The van der Waals surface area contributed by atoms with Gasteiger partial charge in [-0.05, 0) is 29.9 Å². The first kappa shape index (κ1) is 17.7. The van der Waals surface area contributed by atoms with Crippen molar-refractivity contribution in [1.29, 1.82) is 0 Å². The molecule has 0 aliphatic rings. The van der Waals surface area contributed by atoms with Crippen LogP contribution in [-0.2, 0) is 10.8 Å². The summed E-state index contributed by atoms with van der Waals surface area (Å²) < 4.78 is 5.98. The van der Waals surface area contributed by atoms with Crippen molar-refractivity contribution in [2.24, 2.45) is 0 Å². The number of Topliss-reactive ketones (excluding diaryl/α,β-unsaturated/α-hetero) is 1. The number of hydrogen-bond acceptors (Lipinski definition) is 2. The molecule has 0 spiro atoms. The van der Waals surface area contributed by atoms with Gasteiger partial charge in [0.25, 0.3) is 0 Å². The summed E-state index contributed by atoms with van der Waals surface area (Å²) in [5, 5.41) is 0. The summed E-state index contributed by atoms with van der Waals surface area (Å²) in [5.41, 5.74) is 2.92. The Kier molecular flexibility index (Phi) is 5.25. The second-order valence-corrected chi connectivity index (χ2v) is 7.61. The van der Waals surface area contributed by atoms with Gasteiger partial charge in [0.15, 0.2) is 5.78 Å². The molecule has 0 N–H and O–H groups in total. The highest BCUT2D eigenvalue weighted by atomic mass is 16.5. The van der Waals surface area contributed by atoms with E-state index in [1.54, 1.807) is 0 Å². The normalized spacial score (nSPS) is 12.4. The minimum atomic E-state index is -0.0610. The van der Waals surface area contributed by atoms with E-state index in [0.29, 0.717) is 13.0 Å². The zero-order valence-electron chi connectivity index (χ0n) is 14.9. The predicted molar refractivity (Wildman–Crippen MR) is 89.6 cm³/mol. The van der Waals surface area contributed by atoms with Crippen LogP contribution in [-0.4, -0.2) is 12.4 Å². The lowest BCUT2D eigenvalue weighted by Crippen LogP contribution is -2.21. The lowest BCUT2D eigenvalue weighted by Gasteiger charge is -2.30. The Labute approximate surface area is 129 Å². The van der Waals surface area contributed by atoms with Crippen molar-refractivity contribution in [3.63, 3.8) is 0 Å². The Bertz CT molecular complexity index is 478. The van der Waals surface area contributed by atoms with Crippen molar-refractivity contribution in [1.82, 2.24) is 0 Å². The predicted octanol–water partition coefficient (Wildman–Crippen LogP) is 5.27. The monoisotopic (exact) mass is 290 g/mol. The highest BCUT2D eigenvalue weighted by Gasteiger charge is 2.28. The smallest absolute Gasteiger partial charge is 0.162 e. The van der Waals surface area contributed by atoms with E-state index in [4.69, 9.17) is 4.74 Å². The fourth-order valence-electron chi connectivity index (χ4n) is 2.41. The van der Waals surface area contributed by atoms with E-state index in [-0.39, 0.29) is 16.6 Å². The number of hydrogen-bond donors (Lipinski definition) is 0. The molecule has 0 saturated carbocycles. The molecule has 0 heterocycles. The van der Waals surface area contributed by atoms with Crippen molar-refractivity contribution in [3.05, 3.63) is 28.8 Å².